The van der Waals surface area contributed by atoms with Gasteiger partial charge in [-0.15, -0.1) is 10.2 Å². The van der Waals surface area contributed by atoms with Crippen molar-refractivity contribution in [2.24, 2.45) is 0 Å². The minimum atomic E-state index is -0.239. The largest absolute Gasteiger partial charge is 0.497 e. The number of rotatable bonds is 4. The third-order valence-corrected chi connectivity index (χ3v) is 5.41. The highest BCUT2D eigenvalue weighted by atomic mass is 19.1. The number of hydrogen-bond donors (Lipinski definition) is 0. The van der Waals surface area contributed by atoms with Crippen molar-refractivity contribution in [1.82, 2.24) is 14.8 Å². The van der Waals surface area contributed by atoms with E-state index in [4.69, 9.17) is 4.74 Å². The number of benzene rings is 3. The molecule has 0 N–H and O–H groups in total. The van der Waals surface area contributed by atoms with E-state index in [1.807, 2.05) is 18.2 Å². The Bertz CT molecular complexity index is 1310. The molecule has 2 aliphatic heterocycles. The smallest absolute Gasteiger partial charge is 0.123 e. The van der Waals surface area contributed by atoms with Crippen molar-refractivity contribution in [3.8, 4) is 28.3 Å². The first-order valence-electron chi connectivity index (χ1n) is 9.77. The molecule has 3 aromatic rings. The molecular formula is C25H20FN3O. The van der Waals surface area contributed by atoms with Crippen LogP contribution in [0, 0.1) is 12.7 Å². The number of methoxy groups -OCH3 is 1. The van der Waals surface area contributed by atoms with Crippen molar-refractivity contribution in [3.05, 3.63) is 89.9 Å². The molecule has 4 nitrogen and oxygen atoms in total. The zero-order valence-electron chi connectivity index (χ0n) is 16.8. The Kier molecular flexibility index (Phi) is 4.43. The number of hydrogen-bond acceptors (Lipinski definition) is 3. The van der Waals surface area contributed by atoms with E-state index in [2.05, 4.69) is 52.2 Å². The van der Waals surface area contributed by atoms with Gasteiger partial charge in [0, 0.05) is 35.3 Å². The normalized spacial score (nSPS) is 11.3. The summed E-state index contributed by atoms with van der Waals surface area (Å²) in [5.41, 5.74) is 6.93. The Morgan fingerprint density at radius 2 is 1.63 bits per heavy atom. The van der Waals surface area contributed by atoms with E-state index in [0.29, 0.717) is 6.54 Å². The zero-order chi connectivity index (χ0) is 20.7. The van der Waals surface area contributed by atoms with Crippen LogP contribution in [0.15, 0.2) is 72.9 Å². The van der Waals surface area contributed by atoms with Gasteiger partial charge in [-0.1, -0.05) is 42.0 Å². The second-order valence-electron chi connectivity index (χ2n) is 7.44. The van der Waals surface area contributed by atoms with Crippen LogP contribution in [0.2, 0.25) is 0 Å². The summed E-state index contributed by atoms with van der Waals surface area (Å²) in [6.45, 7) is 2.66. The molecule has 0 amide bonds. The summed E-state index contributed by atoms with van der Waals surface area (Å²) in [5.74, 6) is 0.532. The number of halogens is 1. The maximum Gasteiger partial charge on any atom is 0.123 e. The minimum absolute atomic E-state index is 0.239. The molecule has 30 heavy (non-hydrogen) atoms. The van der Waals surface area contributed by atoms with Gasteiger partial charge in [0.15, 0.2) is 0 Å². The van der Waals surface area contributed by atoms with Crippen LogP contribution in [-0.4, -0.2) is 21.9 Å². The lowest BCUT2D eigenvalue weighted by atomic mass is 10.0. The first kappa shape index (κ1) is 18.3. The van der Waals surface area contributed by atoms with Crippen molar-refractivity contribution in [1.29, 1.82) is 0 Å². The van der Waals surface area contributed by atoms with E-state index < -0.39 is 0 Å². The van der Waals surface area contributed by atoms with E-state index >= 15 is 0 Å². The maximum atomic E-state index is 13.4. The molecule has 2 heterocycles. The van der Waals surface area contributed by atoms with Gasteiger partial charge in [0.2, 0.25) is 0 Å². The Morgan fingerprint density at radius 1 is 0.900 bits per heavy atom. The Hall–Kier alpha value is -3.73. The molecule has 0 radical (unpaired) electrons. The first-order chi connectivity index (χ1) is 14.6. The molecule has 0 fully saturated rings. The number of ether oxygens (including phenoxy) is 1. The monoisotopic (exact) mass is 397 g/mol. The van der Waals surface area contributed by atoms with Gasteiger partial charge in [-0.2, -0.15) is 0 Å². The van der Waals surface area contributed by atoms with Gasteiger partial charge < -0.3 is 9.30 Å². The van der Waals surface area contributed by atoms with E-state index in [-0.39, 0.29) is 5.82 Å². The number of pyridine rings is 1. The highest BCUT2D eigenvalue weighted by Gasteiger charge is 2.20. The average molecular weight is 397 g/mol. The van der Waals surface area contributed by atoms with Crippen LogP contribution in [0.4, 0.5) is 4.39 Å². The SMILES string of the molecule is COc1ccc2c3nnc(-c4ccc(C)cc4)c-3cn(Cc3ccc(F)cc3)c2c1. The first-order valence-corrected chi connectivity index (χ1v) is 9.77. The molecule has 0 aliphatic carbocycles. The van der Waals surface area contributed by atoms with Crippen LogP contribution in [0.1, 0.15) is 11.1 Å². The molecule has 148 valence electrons. The molecular weight excluding hydrogens is 377 g/mol. The number of aromatic nitrogens is 3. The van der Waals surface area contributed by atoms with Crippen LogP contribution in [0.5, 0.6) is 5.75 Å². The molecule has 3 aromatic carbocycles. The number of nitrogens with zero attached hydrogens (tertiary/aromatic N) is 3. The van der Waals surface area contributed by atoms with Gasteiger partial charge >= 0.3 is 0 Å². The molecule has 0 bridgehead atoms. The lowest BCUT2D eigenvalue weighted by molar-refractivity contribution is 0.415. The molecule has 0 saturated heterocycles. The van der Waals surface area contributed by atoms with Crippen molar-refractivity contribution in [2.75, 3.05) is 7.11 Å². The van der Waals surface area contributed by atoms with Gasteiger partial charge in [-0.25, -0.2) is 4.39 Å². The third-order valence-electron chi connectivity index (χ3n) is 5.41. The van der Waals surface area contributed by atoms with Crippen LogP contribution in [0.3, 0.4) is 0 Å². The van der Waals surface area contributed by atoms with E-state index in [1.54, 1.807) is 19.2 Å². The Balaban J connectivity index is 1.73. The second kappa shape index (κ2) is 7.26. The quantitative estimate of drug-likeness (QED) is 0.390. The van der Waals surface area contributed by atoms with Crippen LogP contribution in [-0.2, 0) is 6.54 Å². The summed E-state index contributed by atoms with van der Waals surface area (Å²) in [6.07, 6.45) is 2.08. The number of aryl methyl sites for hydroxylation is 1. The molecule has 0 unspecified atom stereocenters. The third kappa shape index (κ3) is 3.18. The molecule has 2 aliphatic rings. The predicted octanol–water partition coefficient (Wildman–Crippen LogP) is 5.71. The summed E-state index contributed by atoms with van der Waals surface area (Å²) >= 11 is 0. The van der Waals surface area contributed by atoms with Crippen LogP contribution < -0.4 is 4.74 Å². The molecule has 5 rings (SSSR count). The molecule has 0 aromatic heterocycles. The van der Waals surface area contributed by atoms with Gasteiger partial charge in [-0.05, 0) is 36.8 Å². The molecule has 0 saturated carbocycles. The molecule has 5 heteroatoms. The van der Waals surface area contributed by atoms with E-state index in [1.165, 1.54) is 17.7 Å². The van der Waals surface area contributed by atoms with Gasteiger partial charge in [0.05, 0.1) is 12.6 Å². The highest BCUT2D eigenvalue weighted by molar-refractivity contribution is 5.98. The van der Waals surface area contributed by atoms with Crippen molar-refractivity contribution in [2.45, 2.75) is 13.5 Å². The predicted molar refractivity (Wildman–Crippen MR) is 116 cm³/mol. The van der Waals surface area contributed by atoms with Crippen LogP contribution in [0.25, 0.3) is 33.4 Å². The summed E-state index contributed by atoms with van der Waals surface area (Å²) in [5, 5.41) is 10.0. The fraction of sp³-hybridized carbons (Fsp3) is 0.120. The fourth-order valence-corrected chi connectivity index (χ4v) is 3.78. The summed E-state index contributed by atoms with van der Waals surface area (Å²) in [7, 11) is 1.65. The van der Waals surface area contributed by atoms with Crippen molar-refractivity contribution in [3.63, 3.8) is 0 Å². The van der Waals surface area contributed by atoms with Crippen LogP contribution >= 0.6 is 0 Å². The van der Waals surface area contributed by atoms with Gasteiger partial charge in [0.1, 0.15) is 23.0 Å². The van der Waals surface area contributed by atoms with Gasteiger partial charge in [-0.3, -0.25) is 0 Å². The summed E-state index contributed by atoms with van der Waals surface area (Å²) in [4.78, 5) is 0. The van der Waals surface area contributed by atoms with E-state index in [9.17, 15) is 4.39 Å². The highest BCUT2D eigenvalue weighted by Crippen LogP contribution is 2.37. The molecule has 0 spiro atoms. The Labute approximate surface area is 173 Å². The topological polar surface area (TPSA) is 39.9 Å². The van der Waals surface area contributed by atoms with Crippen molar-refractivity contribution >= 4 is 10.9 Å². The second-order valence-corrected chi connectivity index (χ2v) is 7.44. The summed E-state index contributed by atoms with van der Waals surface area (Å²) in [6, 6.07) is 20.8. The zero-order valence-corrected chi connectivity index (χ0v) is 16.8. The van der Waals surface area contributed by atoms with Gasteiger partial charge in [0.25, 0.3) is 0 Å². The minimum Gasteiger partial charge on any atom is -0.497 e. The average Bonchev–Trinajstić information content (AvgIpc) is 3.19. The number of fused-ring (bicyclic) bond motifs is 3. The maximum absolute atomic E-state index is 13.4. The lowest BCUT2D eigenvalue weighted by Crippen LogP contribution is -2.04. The molecule has 0 atom stereocenters. The Morgan fingerprint density at radius 3 is 2.37 bits per heavy atom. The lowest BCUT2D eigenvalue weighted by Gasteiger charge is -2.16. The fourth-order valence-electron chi connectivity index (χ4n) is 3.78. The standard InChI is InChI=1S/C25H20FN3O/c1-16-3-7-18(8-4-16)24-22-15-29(14-17-5-9-19(26)10-6-17)23-13-20(30-2)11-12-21(23)25(22)28-27-24/h3-13,15H,14H2,1-2H3. The van der Waals surface area contributed by atoms with Crippen molar-refractivity contribution < 1.29 is 9.13 Å². The summed E-state index contributed by atoms with van der Waals surface area (Å²) < 4.78 is 21.0. The van der Waals surface area contributed by atoms with E-state index in [0.717, 1.165) is 44.7 Å².